The molecular weight excluding hydrogens is 226 g/mol. The third-order valence-electron chi connectivity index (χ3n) is 2.71. The molecule has 0 aliphatic heterocycles. The van der Waals surface area contributed by atoms with Crippen LogP contribution in [0.1, 0.15) is 18.2 Å². The second-order valence-corrected chi connectivity index (χ2v) is 3.94. The van der Waals surface area contributed by atoms with Gasteiger partial charge in [-0.25, -0.2) is 4.98 Å². The van der Waals surface area contributed by atoms with Crippen molar-refractivity contribution in [3.63, 3.8) is 0 Å². The van der Waals surface area contributed by atoms with Crippen LogP contribution in [0.15, 0.2) is 36.9 Å². The molecule has 0 spiro atoms. The van der Waals surface area contributed by atoms with Crippen molar-refractivity contribution in [2.45, 2.75) is 20.0 Å². The van der Waals surface area contributed by atoms with E-state index in [1.165, 1.54) is 5.56 Å². The van der Waals surface area contributed by atoms with Gasteiger partial charge in [-0.15, -0.1) is 0 Å². The molecule has 2 N–H and O–H groups in total. The van der Waals surface area contributed by atoms with Gasteiger partial charge in [0.1, 0.15) is 5.82 Å². The summed E-state index contributed by atoms with van der Waals surface area (Å²) in [6.07, 6.45) is 7.06. The minimum atomic E-state index is 0.410. The van der Waals surface area contributed by atoms with E-state index in [4.69, 9.17) is 5.73 Å². The highest BCUT2D eigenvalue weighted by molar-refractivity contribution is 5.37. The third kappa shape index (κ3) is 3.01. The molecule has 0 radical (unpaired) electrons. The van der Waals surface area contributed by atoms with Crippen LogP contribution in [0.3, 0.4) is 0 Å². The van der Waals surface area contributed by atoms with Crippen molar-refractivity contribution < 1.29 is 0 Å². The number of nitrogens with zero attached hydrogens (tertiary/aromatic N) is 4. The van der Waals surface area contributed by atoms with Gasteiger partial charge in [-0.3, -0.25) is 9.97 Å². The van der Waals surface area contributed by atoms with Crippen LogP contribution in [-0.4, -0.2) is 21.5 Å². The molecular formula is C13H17N5. The second kappa shape index (κ2) is 6.07. The predicted molar refractivity (Wildman–Crippen MR) is 70.9 cm³/mol. The summed E-state index contributed by atoms with van der Waals surface area (Å²) >= 11 is 0. The Morgan fingerprint density at radius 3 is 2.61 bits per heavy atom. The molecule has 94 valence electrons. The van der Waals surface area contributed by atoms with Crippen LogP contribution in [0, 0.1) is 0 Å². The zero-order valence-corrected chi connectivity index (χ0v) is 10.5. The SMILES string of the molecule is CCN(Cc1ccncc1)c1cncc(CN)n1. The Morgan fingerprint density at radius 2 is 1.94 bits per heavy atom. The molecule has 5 nitrogen and oxygen atoms in total. The van der Waals surface area contributed by atoms with Crippen LogP contribution in [-0.2, 0) is 13.1 Å². The van der Waals surface area contributed by atoms with Crippen molar-refractivity contribution in [2.24, 2.45) is 5.73 Å². The maximum Gasteiger partial charge on any atom is 0.147 e. The maximum absolute atomic E-state index is 5.58. The van der Waals surface area contributed by atoms with Crippen LogP contribution in [0.4, 0.5) is 5.82 Å². The van der Waals surface area contributed by atoms with Gasteiger partial charge in [0.2, 0.25) is 0 Å². The molecule has 0 saturated heterocycles. The monoisotopic (exact) mass is 243 g/mol. The van der Waals surface area contributed by atoms with E-state index >= 15 is 0 Å². The number of anilines is 1. The molecule has 0 aliphatic rings. The Morgan fingerprint density at radius 1 is 1.17 bits per heavy atom. The average Bonchev–Trinajstić information content (AvgIpc) is 2.46. The third-order valence-corrected chi connectivity index (χ3v) is 2.71. The van der Waals surface area contributed by atoms with Gasteiger partial charge in [-0.2, -0.15) is 0 Å². The minimum Gasteiger partial charge on any atom is -0.351 e. The summed E-state index contributed by atoms with van der Waals surface area (Å²) in [7, 11) is 0. The van der Waals surface area contributed by atoms with Gasteiger partial charge in [0.05, 0.1) is 11.9 Å². The lowest BCUT2D eigenvalue weighted by Crippen LogP contribution is -2.23. The highest BCUT2D eigenvalue weighted by atomic mass is 15.2. The molecule has 0 unspecified atom stereocenters. The van der Waals surface area contributed by atoms with E-state index in [1.807, 2.05) is 12.1 Å². The lowest BCUT2D eigenvalue weighted by molar-refractivity contribution is 0.797. The molecule has 0 aromatic carbocycles. The smallest absolute Gasteiger partial charge is 0.147 e. The Bertz CT molecular complexity index is 486. The molecule has 5 heteroatoms. The van der Waals surface area contributed by atoms with E-state index in [9.17, 15) is 0 Å². The van der Waals surface area contributed by atoms with E-state index in [2.05, 4.69) is 26.8 Å². The zero-order valence-electron chi connectivity index (χ0n) is 10.5. The van der Waals surface area contributed by atoms with E-state index in [0.29, 0.717) is 6.54 Å². The average molecular weight is 243 g/mol. The normalized spacial score (nSPS) is 10.3. The Balaban J connectivity index is 2.17. The van der Waals surface area contributed by atoms with E-state index in [1.54, 1.807) is 24.8 Å². The molecule has 2 aromatic heterocycles. The minimum absolute atomic E-state index is 0.410. The summed E-state index contributed by atoms with van der Waals surface area (Å²) < 4.78 is 0. The quantitative estimate of drug-likeness (QED) is 0.858. The van der Waals surface area contributed by atoms with E-state index < -0.39 is 0 Å². The van der Waals surface area contributed by atoms with Crippen molar-refractivity contribution in [3.05, 3.63) is 48.2 Å². The summed E-state index contributed by atoms with van der Waals surface area (Å²) in [6.45, 7) is 4.17. The van der Waals surface area contributed by atoms with Gasteiger partial charge in [0.15, 0.2) is 0 Å². The van der Waals surface area contributed by atoms with Crippen molar-refractivity contribution in [2.75, 3.05) is 11.4 Å². The van der Waals surface area contributed by atoms with E-state index in [-0.39, 0.29) is 0 Å². The summed E-state index contributed by atoms with van der Waals surface area (Å²) in [5, 5.41) is 0. The van der Waals surface area contributed by atoms with Crippen molar-refractivity contribution in [3.8, 4) is 0 Å². The number of nitrogens with two attached hydrogens (primary N) is 1. The maximum atomic E-state index is 5.58. The fourth-order valence-corrected chi connectivity index (χ4v) is 1.71. The number of rotatable bonds is 5. The Kier molecular flexibility index (Phi) is 4.20. The molecule has 0 atom stereocenters. The van der Waals surface area contributed by atoms with Crippen molar-refractivity contribution in [1.82, 2.24) is 15.0 Å². The molecule has 0 amide bonds. The largest absolute Gasteiger partial charge is 0.351 e. The fraction of sp³-hybridized carbons (Fsp3) is 0.308. The standard InChI is InChI=1S/C13H17N5/c1-2-18(10-11-3-5-15-6-4-11)13-9-16-8-12(7-14)17-13/h3-6,8-9H,2,7,10,14H2,1H3. The summed E-state index contributed by atoms with van der Waals surface area (Å²) in [5.74, 6) is 0.859. The first-order chi connectivity index (χ1) is 8.83. The lowest BCUT2D eigenvalue weighted by Gasteiger charge is -2.21. The van der Waals surface area contributed by atoms with Gasteiger partial charge in [0, 0.05) is 38.2 Å². The number of aromatic nitrogens is 3. The van der Waals surface area contributed by atoms with Crippen molar-refractivity contribution >= 4 is 5.82 Å². The molecule has 2 heterocycles. The Labute approximate surface area is 107 Å². The predicted octanol–water partition coefficient (Wildman–Crippen LogP) is 1.36. The summed E-state index contributed by atoms with van der Waals surface area (Å²) in [4.78, 5) is 14.8. The van der Waals surface area contributed by atoms with Gasteiger partial charge < -0.3 is 10.6 Å². The van der Waals surface area contributed by atoms with Gasteiger partial charge in [0.25, 0.3) is 0 Å². The van der Waals surface area contributed by atoms with Gasteiger partial charge in [-0.05, 0) is 24.6 Å². The van der Waals surface area contributed by atoms with Crippen LogP contribution < -0.4 is 10.6 Å². The lowest BCUT2D eigenvalue weighted by atomic mass is 10.2. The second-order valence-electron chi connectivity index (χ2n) is 3.94. The van der Waals surface area contributed by atoms with Gasteiger partial charge in [-0.1, -0.05) is 0 Å². The van der Waals surface area contributed by atoms with Crippen LogP contribution in [0.5, 0.6) is 0 Å². The molecule has 18 heavy (non-hydrogen) atoms. The highest BCUT2D eigenvalue weighted by Crippen LogP contribution is 2.13. The number of hydrogen-bond donors (Lipinski definition) is 1. The first-order valence-corrected chi connectivity index (χ1v) is 5.98. The topological polar surface area (TPSA) is 67.9 Å². The molecule has 0 aliphatic carbocycles. The molecule has 0 saturated carbocycles. The van der Waals surface area contributed by atoms with Crippen LogP contribution >= 0.6 is 0 Å². The first-order valence-electron chi connectivity index (χ1n) is 5.98. The molecule has 0 fully saturated rings. The highest BCUT2D eigenvalue weighted by Gasteiger charge is 2.07. The molecule has 0 bridgehead atoms. The number of hydrogen-bond acceptors (Lipinski definition) is 5. The van der Waals surface area contributed by atoms with Crippen LogP contribution in [0.25, 0.3) is 0 Å². The molecule has 2 aromatic rings. The van der Waals surface area contributed by atoms with E-state index in [0.717, 1.165) is 24.6 Å². The van der Waals surface area contributed by atoms with Crippen molar-refractivity contribution in [1.29, 1.82) is 0 Å². The summed E-state index contributed by atoms with van der Waals surface area (Å²) in [6, 6.07) is 4.01. The van der Waals surface area contributed by atoms with Crippen LogP contribution in [0.2, 0.25) is 0 Å². The molecule has 2 rings (SSSR count). The summed E-state index contributed by atoms with van der Waals surface area (Å²) in [5.41, 5.74) is 7.59. The number of pyridine rings is 1. The van der Waals surface area contributed by atoms with Gasteiger partial charge >= 0.3 is 0 Å². The first kappa shape index (κ1) is 12.4. The fourth-order valence-electron chi connectivity index (χ4n) is 1.71. The zero-order chi connectivity index (χ0) is 12.8. The Hall–Kier alpha value is -2.01.